The second-order valence-corrected chi connectivity index (χ2v) is 9.68. The third-order valence-corrected chi connectivity index (χ3v) is 5.45. The van der Waals surface area contributed by atoms with Crippen LogP contribution in [-0.2, 0) is 19.1 Å². The van der Waals surface area contributed by atoms with Gasteiger partial charge in [0.1, 0.15) is 17.7 Å². The molecule has 0 heterocycles. The third kappa shape index (κ3) is 8.54. The number of hydrogen-bond acceptors (Lipinski definition) is 5. The van der Waals surface area contributed by atoms with Gasteiger partial charge in [0.2, 0.25) is 5.91 Å². The molecule has 0 radical (unpaired) electrons. The maximum atomic E-state index is 13.6. The van der Waals surface area contributed by atoms with E-state index in [9.17, 15) is 19.2 Å². The van der Waals surface area contributed by atoms with Crippen LogP contribution in [0, 0.1) is 19.4 Å². The van der Waals surface area contributed by atoms with Crippen molar-refractivity contribution in [1.29, 1.82) is 0 Å². The lowest BCUT2D eigenvalue weighted by Crippen LogP contribution is -2.51. The number of halogens is 1. The van der Waals surface area contributed by atoms with Crippen molar-refractivity contribution in [3.05, 3.63) is 64.7 Å². The predicted molar refractivity (Wildman–Crippen MR) is 141 cm³/mol. The van der Waals surface area contributed by atoms with Crippen LogP contribution in [0.25, 0.3) is 0 Å². The maximum absolute atomic E-state index is 13.6. The first-order chi connectivity index (χ1) is 17.3. The first-order valence-electron chi connectivity index (χ1n) is 11.5. The Balaban J connectivity index is 2.46. The van der Waals surface area contributed by atoms with Crippen molar-refractivity contribution in [2.45, 2.75) is 58.2 Å². The standard InChI is InChI=1S/C27H31ClN4O5/c1-6-32(25(35)20(15-16-21(29)33)30-26(36)37-27(3,4)5)23(18-12-8-7-9-13-18)24(34)31-22-17(2)11-10-14-19(22)28/h1,7-14,20,23H,15-16H2,2-5H3,(H2,29,33)(H,30,36)(H,31,34). The molecule has 2 atom stereocenters. The van der Waals surface area contributed by atoms with Crippen molar-refractivity contribution in [2.75, 3.05) is 5.32 Å². The van der Waals surface area contributed by atoms with E-state index in [1.807, 2.05) is 0 Å². The minimum Gasteiger partial charge on any atom is -0.444 e. The van der Waals surface area contributed by atoms with E-state index >= 15 is 0 Å². The van der Waals surface area contributed by atoms with Gasteiger partial charge in [-0.05, 0) is 51.3 Å². The highest BCUT2D eigenvalue weighted by atomic mass is 35.5. The molecule has 0 saturated heterocycles. The molecule has 9 nitrogen and oxygen atoms in total. The monoisotopic (exact) mass is 526 g/mol. The zero-order valence-corrected chi connectivity index (χ0v) is 22.0. The van der Waals surface area contributed by atoms with Crippen LogP contribution in [0.1, 0.15) is 50.8 Å². The molecule has 0 aliphatic heterocycles. The van der Waals surface area contributed by atoms with E-state index in [-0.39, 0.29) is 12.8 Å². The zero-order valence-electron chi connectivity index (χ0n) is 21.2. The number of benzene rings is 2. The molecule has 37 heavy (non-hydrogen) atoms. The Bertz CT molecular complexity index is 1170. The van der Waals surface area contributed by atoms with Crippen LogP contribution < -0.4 is 16.4 Å². The number of ether oxygens (including phenoxy) is 1. The number of nitrogens with two attached hydrogens (primary N) is 1. The number of primary amides is 1. The highest BCUT2D eigenvalue weighted by Crippen LogP contribution is 2.29. The van der Waals surface area contributed by atoms with Gasteiger partial charge in [-0.2, -0.15) is 0 Å². The van der Waals surface area contributed by atoms with E-state index in [1.165, 1.54) is 0 Å². The molecule has 4 amide bonds. The summed E-state index contributed by atoms with van der Waals surface area (Å²) in [5, 5.41) is 5.52. The first kappa shape index (κ1) is 29.2. The Kier molecular flexibility index (Phi) is 10.1. The van der Waals surface area contributed by atoms with E-state index in [4.69, 9.17) is 28.5 Å². The maximum Gasteiger partial charge on any atom is 0.408 e. The molecule has 0 fully saturated rings. The quantitative estimate of drug-likeness (QED) is 0.337. The van der Waals surface area contributed by atoms with Gasteiger partial charge >= 0.3 is 6.09 Å². The van der Waals surface area contributed by atoms with Crippen molar-refractivity contribution in [3.63, 3.8) is 0 Å². The Labute approximate surface area is 221 Å². The molecular weight excluding hydrogens is 496 g/mol. The lowest BCUT2D eigenvalue weighted by atomic mass is 10.0. The first-order valence-corrected chi connectivity index (χ1v) is 11.9. The van der Waals surface area contributed by atoms with Crippen LogP contribution in [0.5, 0.6) is 0 Å². The van der Waals surface area contributed by atoms with Crippen molar-refractivity contribution < 1.29 is 23.9 Å². The molecule has 0 saturated carbocycles. The fraction of sp³-hybridized carbons (Fsp3) is 0.333. The second kappa shape index (κ2) is 12.8. The predicted octanol–water partition coefficient (Wildman–Crippen LogP) is 3.91. The van der Waals surface area contributed by atoms with Crippen LogP contribution >= 0.6 is 11.6 Å². The molecule has 4 N–H and O–H groups in total. The van der Waals surface area contributed by atoms with Crippen LogP contribution in [0.15, 0.2) is 48.5 Å². The SMILES string of the molecule is C#CN(C(=O)C(CCC(N)=O)NC(=O)OC(C)(C)C)C(C(=O)Nc1c(C)cccc1Cl)c1ccccc1. The lowest BCUT2D eigenvalue weighted by Gasteiger charge is -2.30. The number of anilines is 1. The van der Waals surface area contributed by atoms with Crippen LogP contribution in [-0.4, -0.2) is 40.4 Å². The third-order valence-electron chi connectivity index (χ3n) is 5.14. The van der Waals surface area contributed by atoms with E-state index in [2.05, 4.69) is 16.7 Å². The Morgan fingerprint density at radius 3 is 2.30 bits per heavy atom. The summed E-state index contributed by atoms with van der Waals surface area (Å²) in [4.78, 5) is 52.0. The van der Waals surface area contributed by atoms with Crippen LogP contribution in [0.2, 0.25) is 5.02 Å². The highest BCUT2D eigenvalue weighted by molar-refractivity contribution is 6.34. The molecule has 2 rings (SSSR count). The largest absolute Gasteiger partial charge is 0.444 e. The number of carbonyl (C=O) groups excluding carboxylic acids is 4. The summed E-state index contributed by atoms with van der Waals surface area (Å²) in [5.41, 5.74) is 5.93. The number of rotatable bonds is 9. The summed E-state index contributed by atoms with van der Waals surface area (Å²) in [6.45, 7) is 6.75. The minimum atomic E-state index is -1.29. The number of nitrogens with one attached hydrogen (secondary N) is 2. The van der Waals surface area contributed by atoms with Crippen LogP contribution in [0.3, 0.4) is 0 Å². The van der Waals surface area contributed by atoms with Crippen LogP contribution in [0.4, 0.5) is 10.5 Å². The minimum absolute atomic E-state index is 0.154. The van der Waals surface area contributed by atoms with Crippen molar-refractivity contribution in [2.24, 2.45) is 5.73 Å². The average Bonchev–Trinajstić information content (AvgIpc) is 2.81. The summed E-state index contributed by atoms with van der Waals surface area (Å²) in [6.07, 6.45) is 4.48. The fourth-order valence-electron chi connectivity index (χ4n) is 3.46. The fourth-order valence-corrected chi connectivity index (χ4v) is 3.73. The molecule has 10 heteroatoms. The molecule has 0 aromatic heterocycles. The van der Waals surface area contributed by atoms with E-state index < -0.39 is 41.5 Å². The van der Waals surface area contributed by atoms with Gasteiger partial charge in [0.15, 0.2) is 0 Å². The number of terminal acetylenes is 1. The number of alkyl carbamates (subject to hydrolysis) is 1. The molecule has 2 aromatic rings. The van der Waals surface area contributed by atoms with Gasteiger partial charge in [-0.15, -0.1) is 0 Å². The van der Waals surface area contributed by atoms with Gasteiger partial charge in [-0.25, -0.2) is 4.79 Å². The Hall–Kier alpha value is -4.03. The number of para-hydroxylation sites is 1. The molecule has 0 aliphatic rings. The summed E-state index contributed by atoms with van der Waals surface area (Å²) >= 11 is 6.29. The van der Waals surface area contributed by atoms with E-state index in [0.717, 1.165) is 4.90 Å². The molecule has 0 bridgehead atoms. The van der Waals surface area contributed by atoms with Gasteiger partial charge in [-0.3, -0.25) is 19.3 Å². The molecule has 0 spiro atoms. The zero-order chi connectivity index (χ0) is 27.8. The molecule has 2 aromatic carbocycles. The van der Waals surface area contributed by atoms with Gasteiger partial charge in [0, 0.05) is 12.5 Å². The summed E-state index contributed by atoms with van der Waals surface area (Å²) < 4.78 is 5.25. The van der Waals surface area contributed by atoms with Crippen molar-refractivity contribution in [1.82, 2.24) is 10.2 Å². The second-order valence-electron chi connectivity index (χ2n) is 9.28. The Morgan fingerprint density at radius 1 is 1.11 bits per heavy atom. The molecule has 2 unspecified atom stereocenters. The number of amides is 4. The van der Waals surface area contributed by atoms with Gasteiger partial charge in [0.25, 0.3) is 11.8 Å². The number of hydrogen-bond donors (Lipinski definition) is 3. The normalized spacial score (nSPS) is 12.4. The summed E-state index contributed by atoms with van der Waals surface area (Å²) in [7, 11) is 0. The topological polar surface area (TPSA) is 131 Å². The lowest BCUT2D eigenvalue weighted by molar-refractivity contribution is -0.137. The Morgan fingerprint density at radius 2 is 1.76 bits per heavy atom. The number of nitrogens with zero attached hydrogens (tertiary/aromatic N) is 1. The van der Waals surface area contributed by atoms with E-state index in [0.29, 0.717) is 21.8 Å². The highest BCUT2D eigenvalue weighted by Gasteiger charge is 2.36. The van der Waals surface area contributed by atoms with Crippen molar-refractivity contribution in [3.8, 4) is 12.5 Å². The number of aryl methyl sites for hydroxylation is 1. The number of carbonyl (C=O) groups is 4. The summed E-state index contributed by atoms with van der Waals surface area (Å²) in [6, 6.07) is 13.2. The van der Waals surface area contributed by atoms with Gasteiger partial charge in [0.05, 0.1) is 10.7 Å². The average molecular weight is 527 g/mol. The summed E-state index contributed by atoms with van der Waals surface area (Å²) in [5.74, 6) is -2.10. The smallest absolute Gasteiger partial charge is 0.408 e. The van der Waals surface area contributed by atoms with Gasteiger partial charge in [-0.1, -0.05) is 60.5 Å². The molecule has 0 aliphatic carbocycles. The van der Waals surface area contributed by atoms with Gasteiger partial charge < -0.3 is 21.1 Å². The molecule has 196 valence electrons. The van der Waals surface area contributed by atoms with E-state index in [1.54, 1.807) is 76.2 Å². The van der Waals surface area contributed by atoms with Crippen molar-refractivity contribution >= 4 is 41.1 Å². The molecular formula is C27H31ClN4O5.